The summed E-state index contributed by atoms with van der Waals surface area (Å²) >= 11 is 12.6. The molecule has 0 spiro atoms. The minimum Gasteiger partial charge on any atom is -0.497 e. The second-order valence-corrected chi connectivity index (χ2v) is 6.11. The molecule has 0 aromatic heterocycles. The molecule has 1 heterocycles. The lowest BCUT2D eigenvalue weighted by atomic mass is 9.95. The fourth-order valence-electron chi connectivity index (χ4n) is 2.31. The molecule has 1 aliphatic rings. The van der Waals surface area contributed by atoms with Gasteiger partial charge in [0, 0.05) is 0 Å². The van der Waals surface area contributed by atoms with Gasteiger partial charge in [-0.3, -0.25) is 4.79 Å². The first-order chi connectivity index (χ1) is 10.0. The largest absolute Gasteiger partial charge is 0.497 e. The van der Waals surface area contributed by atoms with E-state index in [1.807, 2.05) is 0 Å². The Labute approximate surface area is 132 Å². The van der Waals surface area contributed by atoms with E-state index in [4.69, 9.17) is 32.7 Å². The van der Waals surface area contributed by atoms with E-state index in [1.165, 1.54) is 0 Å². The Morgan fingerprint density at radius 3 is 2.43 bits per heavy atom. The van der Waals surface area contributed by atoms with Crippen molar-refractivity contribution >= 4 is 29.0 Å². The van der Waals surface area contributed by atoms with Gasteiger partial charge >= 0.3 is 0 Å². The molecular weight excluding hydrogens is 311 g/mol. The molecular formula is C16H12Cl2O3. The second-order valence-electron chi connectivity index (χ2n) is 4.72. The van der Waals surface area contributed by atoms with Gasteiger partial charge in [0.15, 0.2) is 6.10 Å². The number of carbonyl (C=O) groups is 1. The number of benzene rings is 2. The summed E-state index contributed by atoms with van der Waals surface area (Å²) in [5.41, 5.74) is 1.11. The monoisotopic (exact) mass is 322 g/mol. The molecule has 108 valence electrons. The number of para-hydroxylation sites is 1. The first-order valence-electron chi connectivity index (χ1n) is 6.36. The quantitative estimate of drug-likeness (QED) is 0.778. The normalized spacial score (nSPS) is 19.6. The van der Waals surface area contributed by atoms with Crippen molar-refractivity contribution in [3.63, 3.8) is 0 Å². The summed E-state index contributed by atoms with van der Waals surface area (Å²) in [6.45, 7) is 0. The van der Waals surface area contributed by atoms with Crippen LogP contribution in [0.5, 0.6) is 11.5 Å². The molecule has 21 heavy (non-hydrogen) atoms. The van der Waals surface area contributed by atoms with Crippen molar-refractivity contribution in [1.82, 2.24) is 0 Å². The van der Waals surface area contributed by atoms with Crippen LogP contribution < -0.4 is 9.47 Å². The van der Waals surface area contributed by atoms with Gasteiger partial charge in [-0.05, 0) is 29.8 Å². The molecule has 5 heteroatoms. The number of hydrogen-bond donors (Lipinski definition) is 0. The number of carbonyl (C=O) groups excluding carboxylic acids is 1. The Bertz CT molecular complexity index is 680. The topological polar surface area (TPSA) is 35.5 Å². The van der Waals surface area contributed by atoms with Gasteiger partial charge < -0.3 is 9.47 Å². The van der Waals surface area contributed by atoms with Crippen molar-refractivity contribution in [1.29, 1.82) is 0 Å². The zero-order chi connectivity index (χ0) is 15.0. The molecule has 3 nitrogen and oxygen atoms in total. The van der Waals surface area contributed by atoms with Crippen molar-refractivity contribution in [2.24, 2.45) is 0 Å². The van der Waals surface area contributed by atoms with Crippen LogP contribution >= 0.6 is 23.2 Å². The van der Waals surface area contributed by atoms with Gasteiger partial charge in [0.05, 0.1) is 12.7 Å². The van der Waals surface area contributed by atoms with Gasteiger partial charge in [0.25, 0.3) is 0 Å². The summed E-state index contributed by atoms with van der Waals surface area (Å²) < 4.78 is 9.30. The molecule has 0 N–H and O–H groups in total. The molecule has 0 fully saturated rings. The van der Waals surface area contributed by atoms with Gasteiger partial charge in [0.1, 0.15) is 11.5 Å². The minimum absolute atomic E-state index is 0.353. The molecule has 0 bridgehead atoms. The molecule has 2 aromatic carbocycles. The van der Waals surface area contributed by atoms with E-state index in [0.717, 1.165) is 0 Å². The fourth-order valence-corrected chi connectivity index (χ4v) is 2.86. The van der Waals surface area contributed by atoms with Gasteiger partial charge in [-0.2, -0.15) is 0 Å². The van der Waals surface area contributed by atoms with Gasteiger partial charge in [-0.1, -0.05) is 47.5 Å². The van der Waals surface area contributed by atoms with Crippen molar-refractivity contribution < 1.29 is 14.3 Å². The van der Waals surface area contributed by atoms with Gasteiger partial charge in [0.2, 0.25) is 10.1 Å². The third-order valence-electron chi connectivity index (χ3n) is 3.43. The van der Waals surface area contributed by atoms with E-state index in [9.17, 15) is 4.79 Å². The molecule has 1 unspecified atom stereocenters. The third-order valence-corrected chi connectivity index (χ3v) is 4.17. The zero-order valence-corrected chi connectivity index (χ0v) is 12.7. The van der Waals surface area contributed by atoms with E-state index in [0.29, 0.717) is 22.6 Å². The predicted octanol–water partition coefficient (Wildman–Crippen LogP) is 4.19. The number of alkyl halides is 2. The number of halogens is 2. The molecule has 0 radical (unpaired) electrons. The van der Waals surface area contributed by atoms with Crippen LogP contribution in [0.4, 0.5) is 0 Å². The number of rotatable bonds is 2. The van der Waals surface area contributed by atoms with Crippen LogP contribution in [0.15, 0.2) is 48.5 Å². The minimum atomic E-state index is -1.66. The van der Waals surface area contributed by atoms with Crippen molar-refractivity contribution in [3.8, 4) is 11.5 Å². The molecule has 0 saturated heterocycles. The second kappa shape index (κ2) is 5.24. The summed E-state index contributed by atoms with van der Waals surface area (Å²) in [6.07, 6.45) is -0.769. The van der Waals surface area contributed by atoms with E-state index in [-0.39, 0.29) is 5.78 Å². The summed E-state index contributed by atoms with van der Waals surface area (Å²) in [5.74, 6) is 0.838. The SMILES string of the molecule is COc1ccc(C2Oc3ccccc3C(=O)C2(Cl)Cl)cc1. The zero-order valence-electron chi connectivity index (χ0n) is 11.2. The summed E-state index contributed by atoms with van der Waals surface area (Å²) in [4.78, 5) is 12.5. The van der Waals surface area contributed by atoms with Crippen LogP contribution in [0.25, 0.3) is 0 Å². The van der Waals surface area contributed by atoms with Crippen molar-refractivity contribution in [2.45, 2.75) is 10.4 Å². The number of ether oxygens (including phenoxy) is 2. The number of ketones is 1. The first kappa shape index (κ1) is 14.2. The Kier molecular flexibility index (Phi) is 3.56. The van der Waals surface area contributed by atoms with Crippen molar-refractivity contribution in [3.05, 3.63) is 59.7 Å². The molecule has 2 aromatic rings. The van der Waals surface area contributed by atoms with Gasteiger partial charge in [-0.25, -0.2) is 0 Å². The van der Waals surface area contributed by atoms with Crippen molar-refractivity contribution in [2.75, 3.05) is 7.11 Å². The number of Topliss-reactive ketones (excluding diaryl/α,β-unsaturated/α-hetero) is 1. The average Bonchev–Trinajstić information content (AvgIpc) is 2.51. The lowest BCUT2D eigenvalue weighted by Gasteiger charge is -2.34. The molecule has 3 rings (SSSR count). The van der Waals surface area contributed by atoms with E-state index in [2.05, 4.69) is 0 Å². The van der Waals surface area contributed by atoms with Crippen LogP contribution in [0.3, 0.4) is 0 Å². The van der Waals surface area contributed by atoms with Crippen LogP contribution in [-0.2, 0) is 0 Å². The highest BCUT2D eigenvalue weighted by Gasteiger charge is 2.49. The summed E-state index contributed by atoms with van der Waals surface area (Å²) in [7, 11) is 1.58. The smallest absolute Gasteiger partial charge is 0.221 e. The number of fused-ring (bicyclic) bond motifs is 1. The third kappa shape index (κ3) is 2.37. The van der Waals surface area contributed by atoms with Gasteiger partial charge in [-0.15, -0.1) is 0 Å². The first-order valence-corrected chi connectivity index (χ1v) is 7.12. The Morgan fingerprint density at radius 2 is 1.76 bits per heavy atom. The summed E-state index contributed by atoms with van der Waals surface area (Å²) in [5, 5.41) is 0. The van der Waals surface area contributed by atoms with Crippen LogP contribution in [0, 0.1) is 0 Å². The van der Waals surface area contributed by atoms with Crippen LogP contribution in [-0.4, -0.2) is 17.2 Å². The Balaban J connectivity index is 2.04. The molecule has 1 atom stereocenters. The molecule has 0 aliphatic carbocycles. The lowest BCUT2D eigenvalue weighted by molar-refractivity contribution is 0.0821. The number of methoxy groups -OCH3 is 1. The maximum Gasteiger partial charge on any atom is 0.221 e. The van der Waals surface area contributed by atoms with Crippen LogP contribution in [0.2, 0.25) is 0 Å². The molecule has 0 amide bonds. The van der Waals surface area contributed by atoms with Crippen LogP contribution in [0.1, 0.15) is 22.0 Å². The standard InChI is InChI=1S/C16H12Cl2O3/c1-20-11-8-6-10(7-9-11)15-16(17,18)14(19)12-4-2-3-5-13(12)21-15/h2-9,15H,1H3. The maximum absolute atomic E-state index is 12.5. The fraction of sp³-hybridized carbons (Fsp3) is 0.188. The highest BCUT2D eigenvalue weighted by Crippen LogP contribution is 2.47. The molecule has 0 saturated carbocycles. The predicted molar refractivity (Wildman–Crippen MR) is 81.6 cm³/mol. The van der Waals surface area contributed by atoms with E-state index >= 15 is 0 Å². The maximum atomic E-state index is 12.5. The lowest BCUT2D eigenvalue weighted by Crippen LogP contribution is -2.40. The highest BCUT2D eigenvalue weighted by molar-refractivity contribution is 6.60. The Hall–Kier alpha value is -1.71. The number of hydrogen-bond acceptors (Lipinski definition) is 3. The Morgan fingerprint density at radius 1 is 1.10 bits per heavy atom. The average molecular weight is 323 g/mol. The summed E-state index contributed by atoms with van der Waals surface area (Å²) in [6, 6.07) is 14.0. The van der Waals surface area contributed by atoms with E-state index in [1.54, 1.807) is 55.6 Å². The van der Waals surface area contributed by atoms with E-state index < -0.39 is 10.4 Å². The molecule has 1 aliphatic heterocycles. The highest BCUT2D eigenvalue weighted by atomic mass is 35.5.